The average molecular weight is 503 g/mol. The number of nitrogens with one attached hydrogen (secondary N) is 1. The third-order valence-corrected chi connectivity index (χ3v) is 7.18. The van der Waals surface area contributed by atoms with Crippen molar-refractivity contribution in [3.05, 3.63) is 112 Å². The van der Waals surface area contributed by atoms with Gasteiger partial charge in [-0.2, -0.15) is 0 Å². The third kappa shape index (κ3) is 3.63. The van der Waals surface area contributed by atoms with Crippen LogP contribution in [0, 0.1) is 13.8 Å². The number of aryl methyl sites for hydroxylation is 2. The summed E-state index contributed by atoms with van der Waals surface area (Å²) in [6, 6.07) is 25.0. The van der Waals surface area contributed by atoms with Gasteiger partial charge >= 0.3 is 0 Å². The number of nitrogens with zero attached hydrogens (tertiary/aromatic N) is 3. The van der Waals surface area contributed by atoms with Crippen LogP contribution in [0.4, 0.5) is 5.69 Å². The zero-order valence-electron chi connectivity index (χ0n) is 17.9. The minimum Gasteiger partial charge on any atom is -0.351 e. The summed E-state index contributed by atoms with van der Waals surface area (Å²) in [5.74, 6) is 0. The molecule has 4 aromatic rings. The quantitative estimate of drug-likeness (QED) is 0.326. The van der Waals surface area contributed by atoms with E-state index in [2.05, 4.69) is 116 Å². The fraction of sp³-hybridized carbons (Fsp3) is 0.154. The summed E-state index contributed by atoms with van der Waals surface area (Å²) >= 11 is 9.50. The van der Waals surface area contributed by atoms with Crippen molar-refractivity contribution in [2.24, 2.45) is 0 Å². The Kier molecular flexibility index (Phi) is 5.57. The number of benzene rings is 2. The zero-order valence-corrected chi connectivity index (χ0v) is 20.3. The fourth-order valence-corrected chi connectivity index (χ4v) is 4.99. The molecule has 0 spiro atoms. The van der Waals surface area contributed by atoms with Gasteiger partial charge in [0.05, 0.1) is 11.7 Å². The molecule has 0 saturated carbocycles. The highest BCUT2D eigenvalue weighted by Crippen LogP contribution is 2.43. The number of anilines is 1. The molecule has 0 bridgehead atoms. The topological polar surface area (TPSA) is 33.1 Å². The first kappa shape index (κ1) is 20.9. The molecular weight excluding hydrogens is 480 g/mol. The maximum atomic E-state index is 5.88. The molecule has 6 heteroatoms. The van der Waals surface area contributed by atoms with Crippen molar-refractivity contribution in [2.45, 2.75) is 25.9 Å². The van der Waals surface area contributed by atoms with Crippen molar-refractivity contribution in [3.8, 4) is 5.69 Å². The van der Waals surface area contributed by atoms with Crippen LogP contribution in [-0.2, 0) is 0 Å². The van der Waals surface area contributed by atoms with Gasteiger partial charge in [0.2, 0.25) is 0 Å². The van der Waals surface area contributed by atoms with Gasteiger partial charge in [-0.15, -0.1) is 0 Å². The van der Waals surface area contributed by atoms with E-state index in [1.165, 1.54) is 11.1 Å². The van der Waals surface area contributed by atoms with Crippen LogP contribution in [0.15, 0.2) is 89.7 Å². The molecule has 1 aliphatic heterocycles. The molecule has 1 saturated heterocycles. The number of hydrogen-bond acceptors (Lipinski definition) is 2. The van der Waals surface area contributed by atoms with Gasteiger partial charge in [0.25, 0.3) is 0 Å². The van der Waals surface area contributed by atoms with Gasteiger partial charge in [0, 0.05) is 33.9 Å². The lowest BCUT2D eigenvalue weighted by molar-refractivity contribution is 0.549. The number of aromatic nitrogens is 2. The Hall–Kier alpha value is -2.96. The monoisotopic (exact) mass is 502 g/mol. The zero-order chi connectivity index (χ0) is 22.2. The summed E-state index contributed by atoms with van der Waals surface area (Å²) in [7, 11) is 0. The highest BCUT2D eigenvalue weighted by Gasteiger charge is 2.42. The van der Waals surface area contributed by atoms with Crippen LogP contribution in [0.25, 0.3) is 5.69 Å². The lowest BCUT2D eigenvalue weighted by Gasteiger charge is -2.29. The van der Waals surface area contributed by atoms with Crippen LogP contribution in [0.2, 0.25) is 0 Å². The first-order valence-electron chi connectivity index (χ1n) is 10.5. The van der Waals surface area contributed by atoms with Crippen LogP contribution < -0.4 is 10.2 Å². The third-order valence-electron chi connectivity index (χ3n) is 5.98. The van der Waals surface area contributed by atoms with Crippen molar-refractivity contribution in [2.75, 3.05) is 4.90 Å². The van der Waals surface area contributed by atoms with Crippen molar-refractivity contribution in [1.29, 1.82) is 0 Å². The van der Waals surface area contributed by atoms with Crippen molar-refractivity contribution in [3.63, 3.8) is 0 Å². The van der Waals surface area contributed by atoms with Crippen LogP contribution in [0.5, 0.6) is 0 Å². The number of halogens is 1. The predicted octanol–water partition coefficient (Wildman–Crippen LogP) is 6.43. The van der Waals surface area contributed by atoms with Gasteiger partial charge in [-0.1, -0.05) is 40.2 Å². The molecule has 0 aliphatic carbocycles. The second kappa shape index (κ2) is 8.52. The lowest BCUT2D eigenvalue weighted by Crippen LogP contribution is -2.30. The second-order valence-electron chi connectivity index (χ2n) is 8.02. The molecule has 0 amide bonds. The highest BCUT2D eigenvalue weighted by molar-refractivity contribution is 9.10. The largest absolute Gasteiger partial charge is 0.351 e. The second-order valence-corrected chi connectivity index (χ2v) is 9.26. The lowest BCUT2D eigenvalue weighted by atomic mass is 10.00. The Labute approximate surface area is 202 Å². The maximum absolute atomic E-state index is 5.88. The summed E-state index contributed by atoms with van der Waals surface area (Å²) in [4.78, 5) is 6.89. The smallest absolute Gasteiger partial charge is 0.174 e. The van der Waals surface area contributed by atoms with Crippen LogP contribution >= 0.6 is 28.1 Å². The molecule has 0 radical (unpaired) electrons. The molecule has 3 heterocycles. The van der Waals surface area contributed by atoms with Crippen molar-refractivity contribution < 1.29 is 0 Å². The molecule has 1 fully saturated rings. The number of hydrogen-bond donors (Lipinski definition) is 1. The number of para-hydroxylation sites is 1. The van der Waals surface area contributed by atoms with E-state index in [0.717, 1.165) is 27.2 Å². The molecule has 1 aliphatic rings. The maximum Gasteiger partial charge on any atom is 0.174 e. The SMILES string of the molecule is Cc1cc(N2C(=S)N[C@H](c3ccccn3)[C@@H]2c2cccn2-c2ccccc2C)ccc1Br. The fourth-order valence-electron chi connectivity index (χ4n) is 4.40. The van der Waals surface area contributed by atoms with Gasteiger partial charge in [-0.3, -0.25) is 4.98 Å². The molecule has 2 aromatic carbocycles. The summed E-state index contributed by atoms with van der Waals surface area (Å²) in [6.45, 7) is 4.24. The average Bonchev–Trinajstić information content (AvgIpc) is 3.41. The number of rotatable bonds is 4. The van der Waals surface area contributed by atoms with Gasteiger partial charge in [0.15, 0.2) is 5.11 Å². The van der Waals surface area contributed by atoms with E-state index in [4.69, 9.17) is 12.2 Å². The van der Waals surface area contributed by atoms with E-state index in [9.17, 15) is 0 Å². The van der Waals surface area contributed by atoms with E-state index in [0.29, 0.717) is 5.11 Å². The minimum atomic E-state index is -0.0784. The van der Waals surface area contributed by atoms with Gasteiger partial charge in [-0.05, 0) is 85.7 Å². The van der Waals surface area contributed by atoms with E-state index in [1.807, 2.05) is 18.3 Å². The van der Waals surface area contributed by atoms with E-state index in [-0.39, 0.29) is 12.1 Å². The van der Waals surface area contributed by atoms with Crippen LogP contribution in [-0.4, -0.2) is 14.7 Å². The minimum absolute atomic E-state index is 0.0624. The molecule has 2 aromatic heterocycles. The van der Waals surface area contributed by atoms with Gasteiger partial charge in [0.1, 0.15) is 6.04 Å². The Morgan fingerprint density at radius 1 is 0.938 bits per heavy atom. The summed E-state index contributed by atoms with van der Waals surface area (Å²) < 4.78 is 3.35. The Morgan fingerprint density at radius 2 is 1.75 bits per heavy atom. The number of pyridine rings is 1. The standard InChI is InChI=1S/C26H23BrN4S/c1-17-8-3-4-10-22(17)30-15-7-11-23(30)25-24(21-9-5-6-14-28-21)29-26(32)31(25)19-12-13-20(27)18(2)16-19/h3-16,24-25H,1-2H3,(H,29,32)/t24-,25+/m1/s1. The molecule has 32 heavy (non-hydrogen) atoms. The highest BCUT2D eigenvalue weighted by atomic mass is 79.9. The van der Waals surface area contributed by atoms with Gasteiger partial charge in [-0.25, -0.2) is 0 Å². The van der Waals surface area contributed by atoms with E-state index < -0.39 is 0 Å². The first-order valence-corrected chi connectivity index (χ1v) is 11.7. The Bertz CT molecular complexity index is 1280. The number of thiocarbonyl (C=S) groups is 1. The predicted molar refractivity (Wildman–Crippen MR) is 137 cm³/mol. The van der Waals surface area contributed by atoms with Crippen molar-refractivity contribution in [1.82, 2.24) is 14.9 Å². The summed E-state index contributed by atoms with van der Waals surface area (Å²) in [5, 5.41) is 4.25. The van der Waals surface area contributed by atoms with Crippen LogP contribution in [0.3, 0.4) is 0 Å². The van der Waals surface area contributed by atoms with E-state index in [1.54, 1.807) is 0 Å². The molecule has 160 valence electrons. The molecule has 5 rings (SSSR count). The molecular formula is C26H23BrN4S. The van der Waals surface area contributed by atoms with Crippen molar-refractivity contribution >= 4 is 38.9 Å². The molecule has 0 unspecified atom stereocenters. The van der Waals surface area contributed by atoms with Crippen LogP contribution in [0.1, 0.15) is 34.6 Å². The Morgan fingerprint density at radius 3 is 2.50 bits per heavy atom. The molecule has 2 atom stereocenters. The normalized spacial score (nSPS) is 18.1. The summed E-state index contributed by atoms with van der Waals surface area (Å²) in [5.41, 5.74) is 6.73. The molecule has 1 N–H and O–H groups in total. The molecule has 4 nitrogen and oxygen atoms in total. The first-order chi connectivity index (χ1) is 15.5. The Balaban J connectivity index is 1.69. The van der Waals surface area contributed by atoms with E-state index >= 15 is 0 Å². The van der Waals surface area contributed by atoms with Gasteiger partial charge < -0.3 is 14.8 Å². The summed E-state index contributed by atoms with van der Waals surface area (Å²) in [6.07, 6.45) is 3.96.